The van der Waals surface area contributed by atoms with Gasteiger partial charge >= 0.3 is 5.82 Å². The molecular weight excluding hydrogens is 468 g/mol. The predicted molar refractivity (Wildman–Crippen MR) is 125 cm³/mol. The Bertz CT molecular complexity index is 1150. The third kappa shape index (κ3) is 6.83. The highest BCUT2D eigenvalue weighted by Gasteiger charge is 2.31. The Morgan fingerprint density at radius 1 is 1.12 bits per heavy atom. The van der Waals surface area contributed by atoms with E-state index in [9.17, 15) is 14.4 Å². The average molecular weight is 491 g/mol. The normalized spacial score (nSPS) is 16.5. The summed E-state index contributed by atoms with van der Waals surface area (Å²) in [6.45, 7) is 0.213. The number of ketones is 1. The van der Waals surface area contributed by atoms with E-state index in [0.29, 0.717) is 17.2 Å². The van der Waals surface area contributed by atoms with Crippen molar-refractivity contribution in [1.82, 2.24) is 0 Å². The van der Waals surface area contributed by atoms with Crippen molar-refractivity contribution in [1.29, 1.82) is 0 Å². The summed E-state index contributed by atoms with van der Waals surface area (Å²) < 4.78 is 21.3. The zero-order valence-electron chi connectivity index (χ0n) is 16.8. The van der Waals surface area contributed by atoms with Gasteiger partial charge in [0.05, 0.1) is 11.7 Å². The minimum atomic E-state index is -0.790. The number of benzene rings is 2. The van der Waals surface area contributed by atoms with Gasteiger partial charge in [-0.25, -0.2) is 4.79 Å². The van der Waals surface area contributed by atoms with Crippen LogP contribution in [0.4, 0.5) is 0 Å². The van der Waals surface area contributed by atoms with Gasteiger partial charge in [0.2, 0.25) is 0 Å². The fraction of sp³-hybridized carbons (Fsp3) is 0.292. The van der Waals surface area contributed by atoms with E-state index >= 15 is 0 Å². The first-order valence-corrected chi connectivity index (χ1v) is 11.1. The highest BCUT2D eigenvalue weighted by atomic mass is 35.5. The molecule has 7 nitrogen and oxygen atoms in total. The van der Waals surface area contributed by atoms with Gasteiger partial charge in [0.1, 0.15) is 31.3 Å². The molecule has 0 aliphatic carbocycles. The Balaban J connectivity index is 0.00000306. The third-order valence-electron chi connectivity index (χ3n) is 4.85. The summed E-state index contributed by atoms with van der Waals surface area (Å²) in [5.74, 6) is 0.0847. The van der Waals surface area contributed by atoms with Crippen LogP contribution in [0, 0.1) is 0 Å². The van der Waals surface area contributed by atoms with E-state index in [1.807, 2.05) is 36.4 Å². The molecule has 0 bridgehead atoms. The molecule has 2 aromatic carbocycles. The van der Waals surface area contributed by atoms with E-state index in [-0.39, 0.29) is 49.0 Å². The first-order valence-electron chi connectivity index (χ1n) is 9.85. The number of thioether (sulfide) groups is 1. The largest absolute Gasteiger partial charge is 0.518 e. The van der Waals surface area contributed by atoms with Crippen molar-refractivity contribution in [2.24, 2.45) is 0 Å². The number of hydrogen-bond donors (Lipinski definition) is 0. The van der Waals surface area contributed by atoms with Gasteiger partial charge in [-0.05, 0) is 41.8 Å². The molecule has 0 spiro atoms. The zero-order valence-corrected chi connectivity index (χ0v) is 18.4. The maximum absolute atomic E-state index is 11.8. The molecule has 1 fully saturated rings. The van der Waals surface area contributed by atoms with Crippen LogP contribution in [0.2, 0.25) is 5.02 Å². The van der Waals surface area contributed by atoms with Crippen molar-refractivity contribution in [3.8, 4) is 5.75 Å². The Labute approximate surface area is 200 Å². The molecule has 9 heteroatoms. The molecule has 2 unspecified atom stereocenters. The molecule has 1 aromatic heterocycles. The molecule has 174 valence electrons. The minimum Gasteiger partial charge on any atom is -0.491 e. The Hall–Kier alpha value is -2.81. The summed E-state index contributed by atoms with van der Waals surface area (Å²) >= 11 is 7.22. The molecule has 3 aromatic rings. The summed E-state index contributed by atoms with van der Waals surface area (Å²) in [4.78, 5) is 34.3. The van der Waals surface area contributed by atoms with Crippen LogP contribution in [0.15, 0.2) is 68.4 Å². The van der Waals surface area contributed by atoms with Crippen molar-refractivity contribution in [3.05, 3.63) is 87.3 Å². The van der Waals surface area contributed by atoms with Gasteiger partial charge in [0, 0.05) is 5.02 Å². The van der Waals surface area contributed by atoms with Crippen LogP contribution in [0.25, 0.3) is 0 Å². The van der Waals surface area contributed by atoms with Crippen LogP contribution in [0.3, 0.4) is 0 Å². The van der Waals surface area contributed by atoms with Gasteiger partial charge in [-0.3, -0.25) is 9.59 Å². The quantitative estimate of drug-likeness (QED) is 0.386. The van der Waals surface area contributed by atoms with Crippen molar-refractivity contribution < 1.29 is 27.9 Å². The zero-order chi connectivity index (χ0) is 22.5. The minimum absolute atomic E-state index is 0. The number of ether oxygens (including phenoxy) is 2. The summed E-state index contributed by atoms with van der Waals surface area (Å²) in [5, 5.41) is 0.188. The molecule has 2 heterocycles. The Morgan fingerprint density at radius 2 is 1.91 bits per heavy atom. The summed E-state index contributed by atoms with van der Waals surface area (Å²) in [6, 6.07) is 14.6. The topological polar surface area (TPSA) is 96.0 Å². The van der Waals surface area contributed by atoms with Gasteiger partial charge in [0.15, 0.2) is 16.7 Å². The van der Waals surface area contributed by atoms with Crippen LogP contribution in [-0.2, 0) is 27.4 Å². The van der Waals surface area contributed by atoms with Gasteiger partial charge < -0.3 is 18.3 Å². The molecule has 0 radical (unpaired) electrons. The second-order valence-electron chi connectivity index (χ2n) is 7.19. The molecule has 0 saturated carbocycles. The SMILES string of the molecule is C.O=C1CC(=O)C(Cc2ccc(OCC(OCc3coc(=O)o3)c3cccc(Cl)c3)cc2)S1. The van der Waals surface area contributed by atoms with Crippen molar-refractivity contribution in [2.45, 2.75) is 38.2 Å². The second-order valence-corrected chi connectivity index (χ2v) is 8.89. The van der Waals surface area contributed by atoms with Crippen LogP contribution >= 0.6 is 23.4 Å². The molecule has 0 N–H and O–H groups in total. The molecule has 2 atom stereocenters. The number of rotatable bonds is 9. The Morgan fingerprint density at radius 3 is 2.55 bits per heavy atom. The maximum Gasteiger partial charge on any atom is 0.518 e. The highest BCUT2D eigenvalue weighted by molar-refractivity contribution is 8.15. The molecule has 0 amide bonds. The lowest BCUT2D eigenvalue weighted by Gasteiger charge is -2.19. The first kappa shape index (κ1) is 24.8. The van der Waals surface area contributed by atoms with Gasteiger partial charge in [-0.15, -0.1) is 0 Å². The van der Waals surface area contributed by atoms with Gasteiger partial charge in [0.25, 0.3) is 0 Å². The third-order valence-corrected chi connectivity index (χ3v) is 6.20. The molecular formula is C24H23ClO7S. The first-order chi connectivity index (χ1) is 15.5. The van der Waals surface area contributed by atoms with E-state index in [2.05, 4.69) is 4.42 Å². The van der Waals surface area contributed by atoms with Crippen LogP contribution in [0.5, 0.6) is 5.75 Å². The summed E-state index contributed by atoms with van der Waals surface area (Å²) in [7, 11) is 0. The maximum atomic E-state index is 11.8. The molecule has 1 saturated heterocycles. The van der Waals surface area contributed by atoms with Crippen molar-refractivity contribution >= 4 is 34.3 Å². The van der Waals surface area contributed by atoms with E-state index < -0.39 is 11.9 Å². The predicted octanol–water partition coefficient (Wildman–Crippen LogP) is 5.00. The van der Waals surface area contributed by atoms with E-state index in [4.69, 9.17) is 25.5 Å². The molecule has 4 rings (SSSR count). The van der Waals surface area contributed by atoms with Crippen LogP contribution in [-0.4, -0.2) is 22.8 Å². The lowest BCUT2D eigenvalue weighted by Crippen LogP contribution is -2.15. The van der Waals surface area contributed by atoms with Crippen LogP contribution < -0.4 is 10.6 Å². The average Bonchev–Trinajstić information content (AvgIpc) is 3.33. The number of Topliss-reactive ketones (excluding diaryl/α,β-unsaturated/α-hetero) is 1. The summed E-state index contributed by atoms with van der Waals surface area (Å²) in [6.07, 6.45) is 1.26. The monoisotopic (exact) mass is 490 g/mol. The fourth-order valence-corrected chi connectivity index (χ4v) is 4.48. The molecule has 33 heavy (non-hydrogen) atoms. The van der Waals surface area contributed by atoms with E-state index in [0.717, 1.165) is 22.9 Å². The van der Waals surface area contributed by atoms with Crippen molar-refractivity contribution in [2.75, 3.05) is 6.61 Å². The second kappa shape index (κ2) is 11.4. The van der Waals surface area contributed by atoms with Gasteiger partial charge in [-0.2, -0.15) is 0 Å². The molecule has 1 aliphatic heterocycles. The number of hydrogen-bond acceptors (Lipinski definition) is 8. The molecule has 1 aliphatic rings. The standard InChI is InChI=1S/C23H19ClO7S.CH4/c24-16-3-1-2-15(9-16)20(29-11-18-12-30-23(27)31-18)13-28-17-6-4-14(5-7-17)8-21-19(25)10-22(26)32-21;/h1-7,9,12,20-21H,8,10-11,13H2;1H4. The lowest BCUT2D eigenvalue weighted by atomic mass is 10.1. The lowest BCUT2D eigenvalue weighted by molar-refractivity contribution is -0.121. The number of carbonyl (C=O) groups is 2. The van der Waals surface area contributed by atoms with E-state index in [1.54, 1.807) is 12.1 Å². The van der Waals surface area contributed by atoms with Crippen molar-refractivity contribution in [3.63, 3.8) is 0 Å². The number of halogens is 1. The smallest absolute Gasteiger partial charge is 0.491 e. The van der Waals surface area contributed by atoms with E-state index in [1.165, 1.54) is 6.26 Å². The van der Waals surface area contributed by atoms with Gasteiger partial charge in [-0.1, -0.05) is 55.1 Å². The van der Waals surface area contributed by atoms with Crippen LogP contribution in [0.1, 0.15) is 36.8 Å². The Kier molecular flexibility index (Phi) is 8.55. The fourth-order valence-electron chi connectivity index (χ4n) is 3.25. The number of carbonyl (C=O) groups excluding carboxylic acids is 2. The highest BCUT2D eigenvalue weighted by Crippen LogP contribution is 2.29. The summed E-state index contributed by atoms with van der Waals surface area (Å²) in [5.41, 5.74) is 1.76.